The van der Waals surface area contributed by atoms with Crippen molar-refractivity contribution in [2.24, 2.45) is 9.98 Å². The molecule has 2 heterocycles. The van der Waals surface area contributed by atoms with Crippen molar-refractivity contribution in [1.29, 1.82) is 0 Å². The number of benzene rings is 3. The van der Waals surface area contributed by atoms with E-state index in [9.17, 15) is 0 Å². The van der Waals surface area contributed by atoms with Crippen LogP contribution in [0.4, 0.5) is 11.4 Å². The largest absolute Gasteiger partial charge is 0.451 e. The topological polar surface area (TPSA) is 43.2 Å². The van der Waals surface area contributed by atoms with Crippen LogP contribution in [0.5, 0.6) is 23.0 Å². The number of ether oxygens (including phenoxy) is 2. The molecule has 3 aromatic rings. The average molecular weight is 647 g/mol. The molecular weight excluding hydrogens is 597 g/mol. The molecule has 6 heteroatoms. The fraction of sp³-hybridized carbons (Fsp3) is 0.450. The van der Waals surface area contributed by atoms with Crippen molar-refractivity contribution < 1.29 is 9.47 Å². The molecule has 2 aliphatic heterocycles. The van der Waals surface area contributed by atoms with Gasteiger partial charge in [0.25, 0.3) is 0 Å². The zero-order chi connectivity index (χ0) is 33.6. The van der Waals surface area contributed by atoms with Crippen molar-refractivity contribution in [3.63, 3.8) is 0 Å². The molecule has 0 fully saturated rings. The van der Waals surface area contributed by atoms with Gasteiger partial charge in [-0.2, -0.15) is 0 Å². The van der Waals surface area contributed by atoms with Gasteiger partial charge in [-0.15, -0.1) is 11.1 Å². The molecule has 2 aliphatic rings. The number of para-hydroxylation sites is 4. The summed E-state index contributed by atoms with van der Waals surface area (Å²) in [5, 5.41) is 1.38. The van der Waals surface area contributed by atoms with Crippen LogP contribution in [0.15, 0.2) is 58.5 Å². The second-order valence-electron chi connectivity index (χ2n) is 14.8. The lowest BCUT2D eigenvalue weighted by Gasteiger charge is -2.38. The summed E-state index contributed by atoms with van der Waals surface area (Å²) in [5.41, 5.74) is 13.8. The third kappa shape index (κ3) is 5.54. The van der Waals surface area contributed by atoms with Gasteiger partial charge in [-0.05, 0) is 57.5 Å². The molecule has 0 bridgehead atoms. The van der Waals surface area contributed by atoms with Crippen LogP contribution in [0.3, 0.4) is 0 Å². The second-order valence-corrected chi connectivity index (χ2v) is 25.9. The fourth-order valence-electron chi connectivity index (χ4n) is 8.26. The Morgan fingerprint density at radius 3 is 1.09 bits per heavy atom. The monoisotopic (exact) mass is 646 g/mol. The zero-order valence-electron chi connectivity index (χ0n) is 29.8. The quantitative estimate of drug-likeness (QED) is 0.136. The van der Waals surface area contributed by atoms with Crippen LogP contribution < -0.4 is 20.2 Å². The SMILES string of the molecule is CC(C)[Si](C#Cc1c2c(c(C#C[Si](C(C)C)(C(C)C)C(C)C)c3c1=Nc1ccccc1O3)=Nc1ccccc1O2)(C(C)C)C(C)C. The number of rotatable bonds is 6. The van der Waals surface area contributed by atoms with E-state index in [2.05, 4.69) is 106 Å². The third-order valence-corrected chi connectivity index (χ3v) is 23.1. The lowest BCUT2D eigenvalue weighted by Crippen LogP contribution is -2.43. The van der Waals surface area contributed by atoms with Crippen LogP contribution in [0.25, 0.3) is 0 Å². The molecule has 240 valence electrons. The highest BCUT2D eigenvalue weighted by atomic mass is 28.3. The van der Waals surface area contributed by atoms with E-state index in [1.165, 1.54) is 0 Å². The van der Waals surface area contributed by atoms with E-state index in [0.717, 1.165) is 22.5 Å². The molecule has 5 rings (SSSR count). The van der Waals surface area contributed by atoms with Gasteiger partial charge in [0.1, 0.15) is 38.2 Å². The van der Waals surface area contributed by atoms with Crippen LogP contribution >= 0.6 is 0 Å². The number of hydrogen-bond acceptors (Lipinski definition) is 4. The summed E-state index contributed by atoms with van der Waals surface area (Å²) in [6, 6.07) is 15.9. The molecule has 0 aliphatic carbocycles. The van der Waals surface area contributed by atoms with Gasteiger partial charge in [-0.3, -0.25) is 0 Å². The molecule has 0 saturated heterocycles. The van der Waals surface area contributed by atoms with Crippen molar-refractivity contribution in [2.75, 3.05) is 0 Å². The normalized spacial score (nSPS) is 13.4. The van der Waals surface area contributed by atoms with Gasteiger partial charge in [0, 0.05) is 0 Å². The van der Waals surface area contributed by atoms with Crippen molar-refractivity contribution in [3.8, 4) is 45.9 Å². The third-order valence-electron chi connectivity index (χ3n) is 10.5. The Morgan fingerprint density at radius 2 is 0.783 bits per heavy atom. The smallest absolute Gasteiger partial charge is 0.172 e. The van der Waals surface area contributed by atoms with E-state index in [1.54, 1.807) is 0 Å². The standard InChI is InChI=1S/C40H50N2O2Si2/c1-25(2)45(26(3)4,27(5)6)23-21-31-37-40(44-36-20-16-13-17-33(36)41-37)32(22-24-46(28(7)8,29(9)10)30(11)12)38-39(31)43-35-19-15-14-18-34(35)42-38/h13-20,25-30H,1-12H3. The van der Waals surface area contributed by atoms with Gasteiger partial charge in [0.15, 0.2) is 23.0 Å². The lowest BCUT2D eigenvalue weighted by molar-refractivity contribution is 0.448. The Morgan fingerprint density at radius 1 is 0.478 bits per heavy atom. The van der Waals surface area contributed by atoms with Crippen LogP contribution in [0, 0.1) is 22.9 Å². The molecule has 0 aromatic heterocycles. The average Bonchev–Trinajstić information content (AvgIpc) is 2.99. The summed E-state index contributed by atoms with van der Waals surface area (Å²) in [6.45, 7) is 28.1. The molecule has 4 nitrogen and oxygen atoms in total. The molecule has 0 radical (unpaired) electrons. The first-order valence-corrected chi connectivity index (χ1v) is 21.5. The van der Waals surface area contributed by atoms with Crippen LogP contribution in [0.2, 0.25) is 33.2 Å². The summed E-state index contributed by atoms with van der Waals surface area (Å²) in [6.07, 6.45) is 0. The van der Waals surface area contributed by atoms with Crippen molar-refractivity contribution >= 4 is 27.5 Å². The molecule has 0 N–H and O–H groups in total. The van der Waals surface area contributed by atoms with E-state index >= 15 is 0 Å². The lowest BCUT2D eigenvalue weighted by atomic mass is 10.0. The van der Waals surface area contributed by atoms with Crippen molar-refractivity contribution in [1.82, 2.24) is 0 Å². The van der Waals surface area contributed by atoms with E-state index in [0.29, 0.717) is 67.0 Å². The maximum atomic E-state index is 6.77. The highest BCUT2D eigenvalue weighted by Crippen LogP contribution is 2.44. The molecule has 0 saturated carbocycles. The zero-order valence-corrected chi connectivity index (χ0v) is 31.8. The van der Waals surface area contributed by atoms with E-state index < -0.39 is 16.1 Å². The van der Waals surface area contributed by atoms with Crippen LogP contribution in [-0.4, -0.2) is 16.1 Å². The first kappa shape index (κ1) is 33.8. The minimum atomic E-state index is -2.09. The minimum absolute atomic E-state index is 0.484. The number of nitrogens with zero attached hydrogens (tertiary/aromatic N) is 2. The summed E-state index contributed by atoms with van der Waals surface area (Å²) < 4.78 is 13.5. The highest BCUT2D eigenvalue weighted by molar-refractivity contribution is 6.91. The van der Waals surface area contributed by atoms with Gasteiger partial charge in [0.2, 0.25) is 0 Å². The number of fused-ring (bicyclic) bond motifs is 4. The van der Waals surface area contributed by atoms with E-state index in [1.807, 2.05) is 48.5 Å². The fourth-order valence-corrected chi connectivity index (χ4v) is 18.7. The predicted octanol–water partition coefficient (Wildman–Crippen LogP) is 10.9. The van der Waals surface area contributed by atoms with Gasteiger partial charge < -0.3 is 9.47 Å². The van der Waals surface area contributed by atoms with Crippen molar-refractivity contribution in [3.05, 3.63) is 70.4 Å². The molecule has 3 aromatic carbocycles. The van der Waals surface area contributed by atoms with Gasteiger partial charge in [0.05, 0.1) is 11.1 Å². The summed E-state index contributed by atoms with van der Waals surface area (Å²) in [5.74, 6) is 10.1. The Kier molecular flexibility index (Phi) is 9.47. The first-order valence-electron chi connectivity index (χ1n) is 17.0. The Bertz CT molecular complexity index is 1720. The number of hydrogen-bond donors (Lipinski definition) is 0. The Balaban J connectivity index is 1.96. The molecule has 0 unspecified atom stereocenters. The molecule has 0 amide bonds. The summed E-state index contributed by atoms with van der Waals surface area (Å²) in [7, 11) is -4.18. The maximum Gasteiger partial charge on any atom is 0.172 e. The highest BCUT2D eigenvalue weighted by Gasteiger charge is 2.43. The Labute approximate surface area is 278 Å². The van der Waals surface area contributed by atoms with Gasteiger partial charge >= 0.3 is 0 Å². The van der Waals surface area contributed by atoms with Crippen molar-refractivity contribution in [2.45, 2.75) is 116 Å². The van der Waals surface area contributed by atoms with Gasteiger partial charge in [-0.25, -0.2) is 9.98 Å². The first-order chi connectivity index (χ1) is 21.7. The second kappa shape index (κ2) is 12.9. The van der Waals surface area contributed by atoms with Gasteiger partial charge in [-0.1, -0.05) is 119 Å². The molecular formula is C40H50N2O2Si2. The minimum Gasteiger partial charge on any atom is -0.451 e. The van der Waals surface area contributed by atoms with Crippen LogP contribution in [0.1, 0.15) is 94.2 Å². The molecule has 0 atom stereocenters. The molecule has 0 spiro atoms. The van der Waals surface area contributed by atoms with E-state index in [4.69, 9.17) is 19.5 Å². The molecule has 46 heavy (non-hydrogen) atoms. The summed E-state index contributed by atoms with van der Waals surface area (Å²) in [4.78, 5) is 10.5. The summed E-state index contributed by atoms with van der Waals surface area (Å²) >= 11 is 0. The predicted molar refractivity (Wildman–Crippen MR) is 197 cm³/mol. The van der Waals surface area contributed by atoms with Crippen LogP contribution in [-0.2, 0) is 0 Å². The maximum absolute atomic E-state index is 6.77. The van der Waals surface area contributed by atoms with E-state index in [-0.39, 0.29) is 0 Å². The Hall–Kier alpha value is -3.59.